The first-order valence-electron chi connectivity index (χ1n) is 5.63. The average molecular weight is 318 g/mol. The first-order chi connectivity index (χ1) is 9.16. The van der Waals surface area contributed by atoms with Gasteiger partial charge in [-0.2, -0.15) is 0 Å². The lowest BCUT2D eigenvalue weighted by molar-refractivity contribution is 0.624. The quantitative estimate of drug-likeness (QED) is 0.743. The van der Waals surface area contributed by atoms with Gasteiger partial charge in [-0.25, -0.2) is 14.4 Å². The van der Waals surface area contributed by atoms with Crippen LogP contribution in [-0.2, 0) is 0 Å². The normalized spacial score (nSPS) is 10.8. The van der Waals surface area contributed by atoms with Crippen LogP contribution in [0.25, 0.3) is 22.3 Å². The molecule has 0 aliphatic rings. The van der Waals surface area contributed by atoms with Gasteiger partial charge in [0.15, 0.2) is 5.82 Å². The summed E-state index contributed by atoms with van der Waals surface area (Å²) >= 11 is 3.15. The molecule has 3 rings (SSSR count). The maximum atomic E-state index is 14.1. The van der Waals surface area contributed by atoms with E-state index in [1.807, 2.05) is 24.3 Å². The van der Waals surface area contributed by atoms with Crippen LogP contribution in [0.15, 0.2) is 46.9 Å². The largest absolute Gasteiger partial charge is 0.382 e. The molecule has 0 spiro atoms. The van der Waals surface area contributed by atoms with Crippen LogP contribution in [0.4, 0.5) is 10.2 Å². The average Bonchev–Trinajstić information content (AvgIpc) is 2.41. The Kier molecular flexibility index (Phi) is 2.91. The topological polar surface area (TPSA) is 51.8 Å². The molecule has 0 aliphatic heterocycles. The molecule has 0 bridgehead atoms. The minimum Gasteiger partial charge on any atom is -0.382 e. The molecule has 0 saturated heterocycles. The number of benzene rings is 2. The minimum atomic E-state index is -0.390. The second-order valence-corrected chi connectivity index (χ2v) is 4.90. The minimum absolute atomic E-state index is 0.218. The summed E-state index contributed by atoms with van der Waals surface area (Å²) in [4.78, 5) is 8.65. The van der Waals surface area contributed by atoms with Gasteiger partial charge >= 0.3 is 0 Å². The first-order valence-corrected chi connectivity index (χ1v) is 6.43. The van der Waals surface area contributed by atoms with E-state index in [9.17, 15) is 4.39 Å². The van der Waals surface area contributed by atoms with Crippen LogP contribution in [0, 0.1) is 5.82 Å². The summed E-state index contributed by atoms with van der Waals surface area (Å²) in [5, 5.41) is 0. The Morgan fingerprint density at radius 3 is 2.37 bits per heavy atom. The first kappa shape index (κ1) is 12.0. The maximum Gasteiger partial charge on any atom is 0.150 e. The lowest BCUT2D eigenvalue weighted by Gasteiger charge is -2.08. The van der Waals surface area contributed by atoms with Gasteiger partial charge < -0.3 is 5.73 Å². The van der Waals surface area contributed by atoms with Crippen molar-refractivity contribution in [2.75, 3.05) is 5.73 Å². The molecule has 1 heterocycles. The van der Waals surface area contributed by atoms with Gasteiger partial charge in [-0.1, -0.05) is 18.2 Å². The molecule has 1 aromatic heterocycles. The molecule has 0 unspecified atom stereocenters. The zero-order chi connectivity index (χ0) is 13.4. The number of para-hydroxylation sites is 2. The maximum absolute atomic E-state index is 14.1. The highest BCUT2D eigenvalue weighted by Gasteiger charge is 2.14. The van der Waals surface area contributed by atoms with Gasteiger partial charge in [0.1, 0.15) is 11.5 Å². The van der Waals surface area contributed by atoms with Crippen LogP contribution in [0.5, 0.6) is 0 Å². The standard InChI is InChI=1S/C14H9BrFN3/c15-9-5-3-4-8(12(9)16)13-14(17)19-11-7-2-1-6-10(11)18-13/h1-7H,(H2,17,19). The van der Waals surface area contributed by atoms with Crippen LogP contribution in [0.2, 0.25) is 0 Å². The van der Waals surface area contributed by atoms with Crippen LogP contribution in [0.3, 0.4) is 0 Å². The molecule has 19 heavy (non-hydrogen) atoms. The third-order valence-corrected chi connectivity index (χ3v) is 3.42. The van der Waals surface area contributed by atoms with Gasteiger partial charge in [0.25, 0.3) is 0 Å². The van der Waals surface area contributed by atoms with E-state index in [1.165, 1.54) is 0 Å². The van der Waals surface area contributed by atoms with E-state index >= 15 is 0 Å². The van der Waals surface area contributed by atoms with E-state index in [-0.39, 0.29) is 5.82 Å². The fraction of sp³-hybridized carbons (Fsp3) is 0. The molecule has 2 N–H and O–H groups in total. The Morgan fingerprint density at radius 2 is 1.63 bits per heavy atom. The van der Waals surface area contributed by atoms with Gasteiger partial charge in [0.2, 0.25) is 0 Å². The van der Waals surface area contributed by atoms with Gasteiger partial charge in [-0.3, -0.25) is 0 Å². The number of hydrogen-bond acceptors (Lipinski definition) is 3. The molecule has 0 radical (unpaired) electrons. The Balaban J connectivity index is 2.30. The van der Waals surface area contributed by atoms with Gasteiger partial charge in [-0.05, 0) is 40.2 Å². The molecule has 0 saturated carbocycles. The number of nitrogen functional groups attached to an aromatic ring is 1. The number of hydrogen-bond donors (Lipinski definition) is 1. The molecule has 0 fully saturated rings. The number of nitrogens with two attached hydrogens (primary N) is 1. The number of halogens is 2. The predicted molar refractivity (Wildman–Crippen MR) is 77.0 cm³/mol. The number of fused-ring (bicyclic) bond motifs is 1. The molecular weight excluding hydrogens is 309 g/mol. The number of rotatable bonds is 1. The lowest BCUT2D eigenvalue weighted by Crippen LogP contribution is -2.00. The fourth-order valence-corrected chi connectivity index (χ4v) is 2.26. The zero-order valence-corrected chi connectivity index (χ0v) is 11.4. The Labute approximate surface area is 117 Å². The van der Waals surface area contributed by atoms with Crippen molar-refractivity contribution in [2.45, 2.75) is 0 Å². The predicted octanol–water partition coefficient (Wildman–Crippen LogP) is 3.78. The van der Waals surface area contributed by atoms with Crippen LogP contribution in [0.1, 0.15) is 0 Å². The second-order valence-electron chi connectivity index (χ2n) is 4.05. The van der Waals surface area contributed by atoms with E-state index in [1.54, 1.807) is 18.2 Å². The van der Waals surface area contributed by atoms with Gasteiger partial charge in [0.05, 0.1) is 15.5 Å². The summed E-state index contributed by atoms with van der Waals surface area (Å²) < 4.78 is 14.5. The highest BCUT2D eigenvalue weighted by Crippen LogP contribution is 2.30. The van der Waals surface area contributed by atoms with Crippen molar-refractivity contribution in [2.24, 2.45) is 0 Å². The molecule has 5 heteroatoms. The van der Waals surface area contributed by atoms with Gasteiger partial charge in [-0.15, -0.1) is 0 Å². The SMILES string of the molecule is Nc1nc2ccccc2nc1-c1cccc(Br)c1F. The third kappa shape index (κ3) is 2.06. The van der Waals surface area contributed by atoms with Crippen molar-refractivity contribution >= 4 is 32.8 Å². The number of anilines is 1. The fourth-order valence-electron chi connectivity index (χ4n) is 1.90. The van der Waals surface area contributed by atoms with Crippen molar-refractivity contribution in [3.8, 4) is 11.3 Å². The third-order valence-electron chi connectivity index (χ3n) is 2.80. The Bertz CT molecular complexity index is 774. The molecular formula is C14H9BrFN3. The number of nitrogens with zero attached hydrogens (tertiary/aromatic N) is 2. The molecule has 0 atom stereocenters. The van der Waals surface area contributed by atoms with Crippen molar-refractivity contribution in [1.82, 2.24) is 9.97 Å². The molecule has 2 aromatic carbocycles. The van der Waals surface area contributed by atoms with Crippen LogP contribution in [-0.4, -0.2) is 9.97 Å². The van der Waals surface area contributed by atoms with Crippen molar-refractivity contribution < 1.29 is 4.39 Å². The van der Waals surface area contributed by atoms with Crippen molar-refractivity contribution in [3.63, 3.8) is 0 Å². The summed E-state index contributed by atoms with van der Waals surface area (Å²) in [5.74, 6) is -0.172. The monoisotopic (exact) mass is 317 g/mol. The number of aromatic nitrogens is 2. The second kappa shape index (κ2) is 4.59. The van der Waals surface area contributed by atoms with E-state index in [0.29, 0.717) is 26.8 Å². The lowest BCUT2D eigenvalue weighted by atomic mass is 10.1. The van der Waals surface area contributed by atoms with Gasteiger partial charge in [0, 0.05) is 5.56 Å². The summed E-state index contributed by atoms with van der Waals surface area (Å²) in [6, 6.07) is 12.3. The molecule has 0 amide bonds. The molecule has 0 aliphatic carbocycles. The Morgan fingerprint density at radius 1 is 0.947 bits per heavy atom. The summed E-state index contributed by atoms with van der Waals surface area (Å²) in [5.41, 5.74) is 7.96. The summed E-state index contributed by atoms with van der Waals surface area (Å²) in [7, 11) is 0. The van der Waals surface area contributed by atoms with Crippen molar-refractivity contribution in [3.05, 3.63) is 52.8 Å². The molecule has 94 valence electrons. The molecule has 3 nitrogen and oxygen atoms in total. The molecule has 3 aromatic rings. The summed E-state index contributed by atoms with van der Waals surface area (Å²) in [6.45, 7) is 0. The summed E-state index contributed by atoms with van der Waals surface area (Å²) in [6.07, 6.45) is 0. The van der Waals surface area contributed by atoms with Crippen molar-refractivity contribution in [1.29, 1.82) is 0 Å². The van der Waals surface area contributed by atoms with E-state index in [4.69, 9.17) is 5.73 Å². The van der Waals surface area contributed by atoms with Crippen LogP contribution >= 0.6 is 15.9 Å². The Hall–Kier alpha value is -2.01. The van der Waals surface area contributed by atoms with E-state index in [0.717, 1.165) is 0 Å². The zero-order valence-electron chi connectivity index (χ0n) is 9.77. The van der Waals surface area contributed by atoms with E-state index in [2.05, 4.69) is 25.9 Å². The van der Waals surface area contributed by atoms with Crippen LogP contribution < -0.4 is 5.73 Å². The van der Waals surface area contributed by atoms with E-state index < -0.39 is 5.82 Å². The highest BCUT2D eigenvalue weighted by molar-refractivity contribution is 9.10. The smallest absolute Gasteiger partial charge is 0.150 e. The highest BCUT2D eigenvalue weighted by atomic mass is 79.9.